The summed E-state index contributed by atoms with van der Waals surface area (Å²) in [7, 11) is -1.41. The van der Waals surface area contributed by atoms with Crippen molar-refractivity contribution >= 4 is 15.7 Å². The number of carbonyl (C=O) groups excluding carboxylic acids is 1. The van der Waals surface area contributed by atoms with Gasteiger partial charge in [-0.15, -0.1) is 0 Å². The van der Waals surface area contributed by atoms with Crippen molar-refractivity contribution < 1.29 is 13.2 Å². The molecule has 0 heterocycles. The van der Waals surface area contributed by atoms with Crippen LogP contribution in [0.25, 0.3) is 0 Å². The van der Waals surface area contributed by atoms with Crippen LogP contribution in [0.4, 0.5) is 0 Å². The van der Waals surface area contributed by atoms with Crippen molar-refractivity contribution in [1.29, 1.82) is 0 Å². The molecule has 1 aliphatic rings. The van der Waals surface area contributed by atoms with Gasteiger partial charge < -0.3 is 10.6 Å². The van der Waals surface area contributed by atoms with Crippen LogP contribution < -0.4 is 5.73 Å². The summed E-state index contributed by atoms with van der Waals surface area (Å²) in [5, 5.41) is 0. The summed E-state index contributed by atoms with van der Waals surface area (Å²) in [5.41, 5.74) is 5.65. The molecule has 0 saturated carbocycles. The van der Waals surface area contributed by atoms with Gasteiger partial charge in [0.1, 0.15) is 9.84 Å². The molecule has 6 heteroatoms. The molecule has 0 bridgehead atoms. The summed E-state index contributed by atoms with van der Waals surface area (Å²) < 4.78 is 21.9. The first-order chi connectivity index (χ1) is 7.29. The minimum atomic E-state index is -3.02. The lowest BCUT2D eigenvalue weighted by Gasteiger charge is -2.20. The second-order valence-corrected chi connectivity index (χ2v) is 6.54. The monoisotopic (exact) mass is 246 g/mol. The van der Waals surface area contributed by atoms with E-state index < -0.39 is 9.84 Å². The molecular formula is C10H18N2O3S. The van der Waals surface area contributed by atoms with Gasteiger partial charge in [0.2, 0.25) is 5.91 Å². The van der Waals surface area contributed by atoms with Gasteiger partial charge in [0.25, 0.3) is 0 Å². The van der Waals surface area contributed by atoms with Crippen LogP contribution in [-0.4, -0.2) is 50.9 Å². The highest BCUT2D eigenvalue weighted by atomic mass is 32.2. The topological polar surface area (TPSA) is 80.5 Å². The molecule has 0 aromatic heterocycles. The molecule has 1 amide bonds. The molecular weight excluding hydrogens is 228 g/mol. The molecule has 0 aromatic rings. The Balaban J connectivity index is 2.46. The van der Waals surface area contributed by atoms with Gasteiger partial charge in [-0.3, -0.25) is 4.79 Å². The number of hydrogen-bond donors (Lipinski definition) is 1. The number of nitrogens with zero attached hydrogens (tertiary/aromatic N) is 1. The third kappa shape index (κ3) is 3.94. The standard InChI is InChI=1S/C10H18N2O3S/c1-12(5-6-16(2,14)15)10(13)8-3-4-9(11)7-8/h3-4,8-9H,5-7,11H2,1-2H3. The highest BCUT2D eigenvalue weighted by Crippen LogP contribution is 2.18. The normalized spacial score (nSPS) is 24.7. The minimum absolute atomic E-state index is 0.00225. The Morgan fingerprint density at radius 2 is 2.12 bits per heavy atom. The van der Waals surface area contributed by atoms with E-state index in [-0.39, 0.29) is 30.2 Å². The van der Waals surface area contributed by atoms with Crippen LogP contribution in [0.15, 0.2) is 12.2 Å². The van der Waals surface area contributed by atoms with E-state index in [2.05, 4.69) is 0 Å². The molecule has 0 saturated heterocycles. The van der Waals surface area contributed by atoms with Crippen LogP contribution >= 0.6 is 0 Å². The van der Waals surface area contributed by atoms with Crippen molar-refractivity contribution in [2.75, 3.05) is 25.6 Å². The summed E-state index contributed by atoms with van der Waals surface area (Å²) in [6.07, 6.45) is 5.38. The molecule has 2 atom stereocenters. The Hall–Kier alpha value is -0.880. The zero-order valence-electron chi connectivity index (χ0n) is 9.59. The summed E-state index contributed by atoms with van der Waals surface area (Å²) in [6.45, 7) is 0.233. The predicted molar refractivity (Wildman–Crippen MR) is 62.6 cm³/mol. The smallest absolute Gasteiger partial charge is 0.229 e. The third-order valence-electron chi connectivity index (χ3n) is 2.61. The van der Waals surface area contributed by atoms with Crippen LogP contribution in [0.1, 0.15) is 6.42 Å². The van der Waals surface area contributed by atoms with E-state index >= 15 is 0 Å². The van der Waals surface area contributed by atoms with Crippen molar-refractivity contribution in [3.63, 3.8) is 0 Å². The Morgan fingerprint density at radius 1 is 1.50 bits per heavy atom. The van der Waals surface area contributed by atoms with Gasteiger partial charge in [0.05, 0.1) is 11.7 Å². The van der Waals surface area contributed by atoms with E-state index in [0.717, 1.165) is 6.26 Å². The second kappa shape index (κ2) is 4.97. The summed E-state index contributed by atoms with van der Waals surface area (Å²) in [6, 6.07) is -0.0581. The van der Waals surface area contributed by atoms with E-state index in [1.807, 2.05) is 6.08 Å². The zero-order chi connectivity index (χ0) is 12.3. The fraction of sp³-hybridized carbons (Fsp3) is 0.700. The van der Waals surface area contributed by atoms with Crippen LogP contribution in [0.3, 0.4) is 0 Å². The Morgan fingerprint density at radius 3 is 2.56 bits per heavy atom. The molecule has 1 rings (SSSR count). The first-order valence-electron chi connectivity index (χ1n) is 5.16. The van der Waals surface area contributed by atoms with Gasteiger partial charge in [0, 0.05) is 25.9 Å². The molecule has 2 N–H and O–H groups in total. The van der Waals surface area contributed by atoms with E-state index in [1.54, 1.807) is 13.1 Å². The lowest BCUT2D eigenvalue weighted by Crippen LogP contribution is -2.35. The van der Waals surface area contributed by atoms with E-state index in [9.17, 15) is 13.2 Å². The average Bonchev–Trinajstić information content (AvgIpc) is 2.59. The molecule has 2 unspecified atom stereocenters. The summed E-state index contributed by atoms with van der Waals surface area (Å²) in [5.74, 6) is -0.259. The molecule has 5 nitrogen and oxygen atoms in total. The van der Waals surface area contributed by atoms with Crippen molar-refractivity contribution in [2.24, 2.45) is 11.7 Å². The number of amides is 1. The SMILES string of the molecule is CN(CCS(C)(=O)=O)C(=O)C1C=CC(N)C1. The van der Waals surface area contributed by atoms with Gasteiger partial charge in [-0.1, -0.05) is 12.2 Å². The van der Waals surface area contributed by atoms with Crippen molar-refractivity contribution in [3.8, 4) is 0 Å². The predicted octanol–water partition coefficient (Wildman–Crippen LogP) is -0.607. The maximum absolute atomic E-state index is 11.8. The van der Waals surface area contributed by atoms with Gasteiger partial charge in [0.15, 0.2) is 0 Å². The van der Waals surface area contributed by atoms with Gasteiger partial charge in [-0.05, 0) is 6.42 Å². The van der Waals surface area contributed by atoms with Crippen molar-refractivity contribution in [3.05, 3.63) is 12.2 Å². The molecule has 0 aromatic carbocycles. The Labute approximate surface area is 96.2 Å². The summed E-state index contributed by atoms with van der Waals surface area (Å²) in [4.78, 5) is 13.3. The number of nitrogens with two attached hydrogens (primary N) is 1. The first kappa shape index (κ1) is 13.2. The van der Waals surface area contributed by atoms with E-state index in [4.69, 9.17) is 5.73 Å². The molecule has 0 aliphatic heterocycles. The van der Waals surface area contributed by atoms with Gasteiger partial charge in [-0.2, -0.15) is 0 Å². The van der Waals surface area contributed by atoms with Crippen LogP contribution in [0.2, 0.25) is 0 Å². The fourth-order valence-electron chi connectivity index (χ4n) is 1.61. The lowest BCUT2D eigenvalue weighted by atomic mass is 10.1. The summed E-state index contributed by atoms with van der Waals surface area (Å²) >= 11 is 0. The Kier molecular flexibility index (Phi) is 4.09. The maximum atomic E-state index is 11.8. The molecule has 1 aliphatic carbocycles. The van der Waals surface area contributed by atoms with E-state index in [0.29, 0.717) is 6.42 Å². The molecule has 0 fully saturated rings. The Bertz CT molecular complexity index is 389. The van der Waals surface area contributed by atoms with Crippen molar-refractivity contribution in [2.45, 2.75) is 12.5 Å². The van der Waals surface area contributed by atoms with Gasteiger partial charge in [-0.25, -0.2) is 8.42 Å². The molecule has 0 radical (unpaired) electrons. The molecule has 0 spiro atoms. The van der Waals surface area contributed by atoms with Crippen molar-refractivity contribution in [1.82, 2.24) is 4.90 Å². The van der Waals surface area contributed by atoms with Gasteiger partial charge >= 0.3 is 0 Å². The highest BCUT2D eigenvalue weighted by Gasteiger charge is 2.25. The minimum Gasteiger partial charge on any atom is -0.344 e. The number of carbonyl (C=O) groups is 1. The highest BCUT2D eigenvalue weighted by molar-refractivity contribution is 7.90. The number of sulfone groups is 1. The maximum Gasteiger partial charge on any atom is 0.229 e. The first-order valence-corrected chi connectivity index (χ1v) is 7.22. The largest absolute Gasteiger partial charge is 0.344 e. The zero-order valence-corrected chi connectivity index (χ0v) is 10.4. The average molecular weight is 246 g/mol. The number of rotatable bonds is 4. The molecule has 16 heavy (non-hydrogen) atoms. The number of hydrogen-bond acceptors (Lipinski definition) is 4. The quantitative estimate of drug-likeness (QED) is 0.671. The second-order valence-electron chi connectivity index (χ2n) is 4.28. The van der Waals surface area contributed by atoms with Crippen LogP contribution in [0, 0.1) is 5.92 Å². The van der Waals surface area contributed by atoms with Crippen LogP contribution in [0.5, 0.6) is 0 Å². The van der Waals surface area contributed by atoms with Crippen LogP contribution in [-0.2, 0) is 14.6 Å². The third-order valence-corrected chi connectivity index (χ3v) is 3.53. The lowest BCUT2D eigenvalue weighted by molar-refractivity contribution is -0.132. The fourth-order valence-corrected chi connectivity index (χ4v) is 2.21. The van der Waals surface area contributed by atoms with E-state index in [1.165, 1.54) is 4.90 Å². The molecule has 92 valence electrons.